The molecular weight excluding hydrogens is 421 g/mol. The summed E-state index contributed by atoms with van der Waals surface area (Å²) in [5.74, 6) is 0.349. The molecule has 0 aromatic heterocycles. The quantitative estimate of drug-likeness (QED) is 0.624. The van der Waals surface area contributed by atoms with Crippen LogP contribution in [0.1, 0.15) is 39.2 Å². The Bertz CT molecular complexity index is 852. The first-order chi connectivity index (χ1) is 12.9. The normalized spacial score (nSPS) is 26.4. The van der Waals surface area contributed by atoms with Gasteiger partial charge in [0.1, 0.15) is 0 Å². The molecule has 4 atom stereocenters. The van der Waals surface area contributed by atoms with Crippen LogP contribution in [0, 0.1) is 12.8 Å². The van der Waals surface area contributed by atoms with Crippen LogP contribution in [0.2, 0.25) is 4.82 Å². The van der Waals surface area contributed by atoms with E-state index in [2.05, 4.69) is 45.0 Å². The fraction of sp³-hybridized carbons (Fsp3) is 0.455. The monoisotopic (exact) mass is 451 g/mol. The summed E-state index contributed by atoms with van der Waals surface area (Å²) in [6.45, 7) is 8.44. The second-order valence-corrected chi connectivity index (χ2v) is 12.0. The number of benzene rings is 2. The second kappa shape index (κ2) is 8.48. The number of sulfonamides is 1. The first kappa shape index (κ1) is 20.6. The van der Waals surface area contributed by atoms with E-state index in [1.807, 2.05) is 29.4 Å². The average molecular weight is 451 g/mol. The summed E-state index contributed by atoms with van der Waals surface area (Å²) in [5.41, 5.74) is 1.08. The van der Waals surface area contributed by atoms with E-state index in [9.17, 15) is 8.42 Å². The van der Waals surface area contributed by atoms with Crippen molar-refractivity contribution in [2.45, 2.75) is 62.3 Å². The molecule has 0 saturated carbocycles. The molecule has 2 aromatic rings. The predicted octanol–water partition coefficient (Wildman–Crippen LogP) is 4.01. The van der Waals surface area contributed by atoms with Gasteiger partial charge in [0.2, 0.25) is 0 Å². The average Bonchev–Trinajstić information content (AvgIpc) is 2.88. The van der Waals surface area contributed by atoms with Crippen LogP contribution in [0.3, 0.4) is 0 Å². The van der Waals surface area contributed by atoms with Gasteiger partial charge < -0.3 is 0 Å². The van der Waals surface area contributed by atoms with Crippen molar-refractivity contribution in [1.82, 2.24) is 4.31 Å². The summed E-state index contributed by atoms with van der Waals surface area (Å²) in [7, 11) is -3.49. The molecule has 146 valence electrons. The number of hydrogen-bond donors (Lipinski definition) is 0. The third kappa shape index (κ3) is 4.17. The topological polar surface area (TPSA) is 37.4 Å². The van der Waals surface area contributed by atoms with Crippen LogP contribution >= 0.6 is 0 Å². The summed E-state index contributed by atoms with van der Waals surface area (Å²) in [5, 5.41) is 0. The Morgan fingerprint density at radius 3 is 2.22 bits per heavy atom. The first-order valence-electron chi connectivity index (χ1n) is 9.68. The SMILES string of the molecule is CCC[C@@H]1[C@@H]([Se]c2ccccc2)[C@@H](C)[C@H](C)N1S(=O)(=O)c1ccc(C)cc1. The number of rotatable bonds is 6. The van der Waals surface area contributed by atoms with Crippen LogP contribution < -0.4 is 4.46 Å². The standard InChI is InChI=1S/C22H29NO2SSe/c1-5-9-21-22(27-20-10-7-6-8-11-20)17(3)18(4)23(21)26(24,25)19-14-12-16(2)13-15-19/h6-8,10-15,17-18,21-22H,5,9H2,1-4H3/t17-,18-,21+,22-/m0/s1. The molecule has 0 N–H and O–H groups in total. The van der Waals surface area contributed by atoms with Crippen molar-refractivity contribution in [3.63, 3.8) is 0 Å². The van der Waals surface area contributed by atoms with Gasteiger partial charge in [0.15, 0.2) is 0 Å². The van der Waals surface area contributed by atoms with E-state index in [4.69, 9.17) is 0 Å². The molecule has 3 nitrogen and oxygen atoms in total. The molecule has 0 aliphatic carbocycles. The molecule has 1 heterocycles. The van der Waals surface area contributed by atoms with Gasteiger partial charge in [0.05, 0.1) is 0 Å². The maximum atomic E-state index is 13.5. The van der Waals surface area contributed by atoms with Crippen molar-refractivity contribution in [3.05, 3.63) is 60.2 Å². The Morgan fingerprint density at radius 1 is 1.00 bits per heavy atom. The van der Waals surface area contributed by atoms with Gasteiger partial charge in [0.25, 0.3) is 0 Å². The van der Waals surface area contributed by atoms with Crippen LogP contribution in [0.25, 0.3) is 0 Å². The Kier molecular flexibility index (Phi) is 6.47. The molecule has 2 aromatic carbocycles. The fourth-order valence-corrected chi connectivity index (χ4v) is 9.22. The van der Waals surface area contributed by atoms with Gasteiger partial charge in [-0.15, -0.1) is 0 Å². The van der Waals surface area contributed by atoms with Gasteiger partial charge in [0, 0.05) is 0 Å². The summed E-state index contributed by atoms with van der Waals surface area (Å²) in [6, 6.07) is 17.9. The van der Waals surface area contributed by atoms with Gasteiger partial charge in [-0.2, -0.15) is 0 Å². The maximum absolute atomic E-state index is 13.5. The summed E-state index contributed by atoms with van der Waals surface area (Å²) in [4.78, 5) is 0.816. The van der Waals surface area contributed by atoms with Crippen LogP contribution in [0.5, 0.6) is 0 Å². The number of aryl methyl sites for hydroxylation is 1. The molecule has 0 amide bonds. The van der Waals surface area contributed by atoms with Crippen molar-refractivity contribution in [1.29, 1.82) is 0 Å². The minimum absolute atomic E-state index is 0.0171. The summed E-state index contributed by atoms with van der Waals surface area (Å²) < 4.78 is 30.2. The van der Waals surface area contributed by atoms with Gasteiger partial charge in [-0.05, 0) is 0 Å². The van der Waals surface area contributed by atoms with Crippen LogP contribution in [0.15, 0.2) is 59.5 Å². The molecule has 0 spiro atoms. The summed E-state index contributed by atoms with van der Waals surface area (Å²) in [6.07, 6.45) is 1.91. The molecule has 1 saturated heterocycles. The van der Waals surface area contributed by atoms with Crippen molar-refractivity contribution in [3.8, 4) is 0 Å². The van der Waals surface area contributed by atoms with Crippen molar-refractivity contribution >= 4 is 29.4 Å². The van der Waals surface area contributed by atoms with Gasteiger partial charge in [-0.3, -0.25) is 0 Å². The van der Waals surface area contributed by atoms with Gasteiger partial charge >= 0.3 is 171 Å². The summed E-state index contributed by atoms with van der Waals surface area (Å²) >= 11 is 0.256. The molecule has 27 heavy (non-hydrogen) atoms. The van der Waals surface area contributed by atoms with Crippen molar-refractivity contribution < 1.29 is 8.42 Å². The van der Waals surface area contributed by atoms with E-state index in [1.54, 1.807) is 12.1 Å². The molecule has 3 rings (SSSR count). The zero-order chi connectivity index (χ0) is 19.6. The zero-order valence-electron chi connectivity index (χ0n) is 16.5. The van der Waals surface area contributed by atoms with E-state index in [0.29, 0.717) is 15.6 Å². The Labute approximate surface area is 170 Å². The van der Waals surface area contributed by atoms with Crippen LogP contribution in [-0.4, -0.2) is 39.8 Å². The predicted molar refractivity (Wildman–Crippen MR) is 113 cm³/mol. The Hall–Kier alpha value is -1.13. The molecule has 0 bridgehead atoms. The van der Waals surface area contributed by atoms with Crippen LogP contribution in [0.4, 0.5) is 0 Å². The van der Waals surface area contributed by atoms with Gasteiger partial charge in [-0.25, -0.2) is 0 Å². The molecule has 1 fully saturated rings. The molecule has 1 aliphatic rings. The third-order valence-corrected chi connectivity index (χ3v) is 10.9. The fourth-order valence-electron chi connectivity index (χ4n) is 3.96. The zero-order valence-corrected chi connectivity index (χ0v) is 19.0. The molecule has 0 unspecified atom stereocenters. The van der Waals surface area contributed by atoms with E-state index in [0.717, 1.165) is 18.4 Å². The molecule has 5 heteroatoms. The third-order valence-electron chi connectivity index (χ3n) is 5.58. The van der Waals surface area contributed by atoms with E-state index in [1.165, 1.54) is 4.46 Å². The molecule has 1 aliphatic heterocycles. The van der Waals surface area contributed by atoms with Gasteiger partial charge in [-0.1, -0.05) is 0 Å². The van der Waals surface area contributed by atoms with Crippen LogP contribution in [-0.2, 0) is 10.0 Å². The number of hydrogen-bond acceptors (Lipinski definition) is 2. The molecular formula is C22H29NO2SSe. The Balaban J connectivity index is 1.97. The minimum atomic E-state index is -3.49. The van der Waals surface area contributed by atoms with E-state index >= 15 is 0 Å². The van der Waals surface area contributed by atoms with Crippen molar-refractivity contribution in [2.24, 2.45) is 5.92 Å². The molecule has 0 radical (unpaired) electrons. The van der Waals surface area contributed by atoms with Crippen molar-refractivity contribution in [2.75, 3.05) is 0 Å². The second-order valence-electron chi connectivity index (χ2n) is 7.50. The first-order valence-corrected chi connectivity index (χ1v) is 13.0. The number of nitrogens with zero attached hydrogens (tertiary/aromatic N) is 1. The van der Waals surface area contributed by atoms with E-state index in [-0.39, 0.29) is 27.0 Å². The van der Waals surface area contributed by atoms with E-state index < -0.39 is 10.0 Å². The Morgan fingerprint density at radius 2 is 1.63 bits per heavy atom.